The molecule has 1 aromatic carbocycles. The summed E-state index contributed by atoms with van der Waals surface area (Å²) in [7, 11) is 0. The zero-order valence-corrected chi connectivity index (χ0v) is 12.1. The minimum absolute atomic E-state index is 0.680. The van der Waals surface area contributed by atoms with Crippen molar-refractivity contribution >= 4 is 5.82 Å². The highest BCUT2D eigenvalue weighted by Gasteiger charge is 2.09. The van der Waals surface area contributed by atoms with E-state index in [-0.39, 0.29) is 0 Å². The van der Waals surface area contributed by atoms with Crippen LogP contribution in [0.1, 0.15) is 32.8 Å². The summed E-state index contributed by atoms with van der Waals surface area (Å²) in [4.78, 5) is 4.43. The summed E-state index contributed by atoms with van der Waals surface area (Å²) in [6.45, 7) is 7.53. The molecule has 3 nitrogen and oxygen atoms in total. The first-order chi connectivity index (χ1) is 9.11. The molecule has 0 aliphatic heterocycles. The van der Waals surface area contributed by atoms with E-state index in [9.17, 15) is 0 Å². The lowest BCUT2D eigenvalue weighted by atomic mass is 10.0. The Morgan fingerprint density at radius 2 is 1.89 bits per heavy atom. The van der Waals surface area contributed by atoms with E-state index in [1.807, 2.05) is 10.9 Å². The Morgan fingerprint density at radius 3 is 2.47 bits per heavy atom. The molecule has 0 saturated heterocycles. The average Bonchev–Trinajstić information content (AvgIpc) is 2.72. The number of anilines is 1. The molecule has 1 heterocycles. The van der Waals surface area contributed by atoms with Gasteiger partial charge in [0.25, 0.3) is 0 Å². The summed E-state index contributed by atoms with van der Waals surface area (Å²) in [6.07, 6.45) is 4.00. The first kappa shape index (κ1) is 13.7. The van der Waals surface area contributed by atoms with E-state index in [4.69, 9.17) is 5.73 Å². The maximum Gasteiger partial charge on any atom is 0.131 e. The molecule has 102 valence electrons. The summed E-state index contributed by atoms with van der Waals surface area (Å²) in [5, 5.41) is 0. The van der Waals surface area contributed by atoms with E-state index in [0.717, 1.165) is 36.5 Å². The van der Waals surface area contributed by atoms with Crippen molar-refractivity contribution in [1.29, 1.82) is 0 Å². The van der Waals surface area contributed by atoms with Crippen molar-refractivity contribution in [3.05, 3.63) is 36.2 Å². The highest BCUT2D eigenvalue weighted by molar-refractivity contribution is 5.70. The number of rotatable bonds is 5. The van der Waals surface area contributed by atoms with Crippen molar-refractivity contribution in [3.63, 3.8) is 0 Å². The first-order valence-electron chi connectivity index (χ1n) is 7.01. The Bertz CT molecular complexity index is 523. The third-order valence-corrected chi connectivity index (χ3v) is 3.21. The van der Waals surface area contributed by atoms with Crippen molar-refractivity contribution in [1.82, 2.24) is 9.55 Å². The molecule has 2 aromatic rings. The number of nitrogens with zero attached hydrogens (tertiary/aromatic N) is 2. The van der Waals surface area contributed by atoms with Crippen LogP contribution in [0.5, 0.6) is 0 Å². The van der Waals surface area contributed by atoms with Crippen molar-refractivity contribution < 1.29 is 0 Å². The average molecular weight is 257 g/mol. The summed E-state index contributed by atoms with van der Waals surface area (Å²) in [5.41, 5.74) is 9.50. The number of imidazole rings is 1. The number of benzene rings is 1. The predicted molar refractivity (Wildman–Crippen MR) is 80.9 cm³/mol. The quantitative estimate of drug-likeness (QED) is 0.886. The van der Waals surface area contributed by atoms with Crippen LogP contribution in [0.15, 0.2) is 30.6 Å². The molecule has 0 aliphatic carbocycles. The highest BCUT2D eigenvalue weighted by Crippen LogP contribution is 2.25. The standard InChI is InChI=1S/C16H23N3/c1-4-9-19-11-18-15(16(19)17)14-7-5-13(6-8-14)10-12(2)3/h5-8,11-12H,4,9-10,17H2,1-3H3. The number of hydrogen-bond acceptors (Lipinski definition) is 2. The van der Waals surface area contributed by atoms with E-state index in [1.54, 1.807) is 0 Å². The molecule has 19 heavy (non-hydrogen) atoms. The number of aromatic nitrogens is 2. The lowest BCUT2D eigenvalue weighted by Crippen LogP contribution is -2.01. The first-order valence-corrected chi connectivity index (χ1v) is 7.01. The van der Waals surface area contributed by atoms with Crippen LogP contribution in [-0.4, -0.2) is 9.55 Å². The van der Waals surface area contributed by atoms with Crippen molar-refractivity contribution in [2.75, 3.05) is 5.73 Å². The third-order valence-electron chi connectivity index (χ3n) is 3.21. The van der Waals surface area contributed by atoms with Gasteiger partial charge in [-0.25, -0.2) is 4.98 Å². The van der Waals surface area contributed by atoms with Gasteiger partial charge in [0, 0.05) is 12.1 Å². The van der Waals surface area contributed by atoms with Gasteiger partial charge in [0.1, 0.15) is 11.5 Å². The zero-order valence-electron chi connectivity index (χ0n) is 12.1. The van der Waals surface area contributed by atoms with E-state index < -0.39 is 0 Å². The molecular weight excluding hydrogens is 234 g/mol. The molecule has 0 fully saturated rings. The van der Waals surface area contributed by atoms with Gasteiger partial charge in [-0.05, 0) is 24.3 Å². The molecule has 2 N–H and O–H groups in total. The molecule has 0 amide bonds. The minimum Gasteiger partial charge on any atom is -0.383 e. The van der Waals surface area contributed by atoms with Gasteiger partial charge < -0.3 is 10.3 Å². The van der Waals surface area contributed by atoms with E-state index in [0.29, 0.717) is 5.92 Å². The molecule has 0 aliphatic rings. The molecule has 2 rings (SSSR count). The zero-order chi connectivity index (χ0) is 13.8. The van der Waals surface area contributed by atoms with Crippen LogP contribution in [0.2, 0.25) is 0 Å². The second-order valence-electron chi connectivity index (χ2n) is 5.47. The van der Waals surface area contributed by atoms with Gasteiger partial charge in [-0.2, -0.15) is 0 Å². The Balaban J connectivity index is 2.22. The monoisotopic (exact) mass is 257 g/mol. The fraction of sp³-hybridized carbons (Fsp3) is 0.438. The minimum atomic E-state index is 0.680. The number of nitrogens with two attached hydrogens (primary N) is 1. The second kappa shape index (κ2) is 5.91. The van der Waals surface area contributed by atoms with Gasteiger partial charge in [0.15, 0.2) is 0 Å². The normalized spacial score (nSPS) is 11.2. The predicted octanol–water partition coefficient (Wildman–Crippen LogP) is 3.74. The van der Waals surface area contributed by atoms with Crippen LogP contribution in [-0.2, 0) is 13.0 Å². The molecule has 0 unspecified atom stereocenters. The Hall–Kier alpha value is -1.77. The molecule has 0 saturated carbocycles. The van der Waals surface area contributed by atoms with Crippen LogP contribution in [0, 0.1) is 5.92 Å². The van der Waals surface area contributed by atoms with E-state index in [2.05, 4.69) is 50.0 Å². The Labute approximate surface area is 115 Å². The van der Waals surface area contributed by atoms with Crippen LogP contribution < -0.4 is 5.73 Å². The van der Waals surface area contributed by atoms with Gasteiger partial charge in [0.05, 0.1) is 6.33 Å². The second-order valence-corrected chi connectivity index (χ2v) is 5.47. The smallest absolute Gasteiger partial charge is 0.131 e. The van der Waals surface area contributed by atoms with E-state index in [1.165, 1.54) is 5.56 Å². The molecule has 0 radical (unpaired) electrons. The van der Waals surface area contributed by atoms with Gasteiger partial charge in [-0.1, -0.05) is 45.0 Å². The van der Waals surface area contributed by atoms with E-state index >= 15 is 0 Å². The Morgan fingerprint density at radius 1 is 1.21 bits per heavy atom. The molecule has 0 spiro atoms. The summed E-state index contributed by atoms with van der Waals surface area (Å²) < 4.78 is 2.01. The van der Waals surface area contributed by atoms with Gasteiger partial charge >= 0.3 is 0 Å². The van der Waals surface area contributed by atoms with Crippen LogP contribution in [0.3, 0.4) is 0 Å². The van der Waals surface area contributed by atoms with Crippen LogP contribution in [0.4, 0.5) is 5.82 Å². The van der Waals surface area contributed by atoms with Crippen LogP contribution >= 0.6 is 0 Å². The highest BCUT2D eigenvalue weighted by atomic mass is 15.1. The fourth-order valence-electron chi connectivity index (χ4n) is 2.30. The molecule has 1 aromatic heterocycles. The number of nitrogen functional groups attached to an aromatic ring is 1. The number of aryl methyl sites for hydroxylation is 1. The topological polar surface area (TPSA) is 43.8 Å². The van der Waals surface area contributed by atoms with Gasteiger partial charge in [0.2, 0.25) is 0 Å². The summed E-state index contributed by atoms with van der Waals surface area (Å²) >= 11 is 0. The lowest BCUT2D eigenvalue weighted by Gasteiger charge is -2.07. The fourth-order valence-corrected chi connectivity index (χ4v) is 2.30. The van der Waals surface area contributed by atoms with Crippen molar-refractivity contribution in [2.45, 2.75) is 40.2 Å². The SMILES string of the molecule is CCCn1cnc(-c2ccc(CC(C)C)cc2)c1N. The molecular formula is C16H23N3. The van der Waals surface area contributed by atoms with Gasteiger partial charge in [-0.3, -0.25) is 0 Å². The Kier molecular flexibility index (Phi) is 4.25. The van der Waals surface area contributed by atoms with Crippen molar-refractivity contribution in [3.8, 4) is 11.3 Å². The third kappa shape index (κ3) is 3.16. The largest absolute Gasteiger partial charge is 0.383 e. The summed E-state index contributed by atoms with van der Waals surface area (Å²) in [5.74, 6) is 1.44. The lowest BCUT2D eigenvalue weighted by molar-refractivity contribution is 0.647. The van der Waals surface area contributed by atoms with Crippen molar-refractivity contribution in [2.24, 2.45) is 5.92 Å². The van der Waals surface area contributed by atoms with Crippen LogP contribution in [0.25, 0.3) is 11.3 Å². The molecule has 3 heteroatoms. The van der Waals surface area contributed by atoms with Gasteiger partial charge in [-0.15, -0.1) is 0 Å². The number of hydrogen-bond donors (Lipinski definition) is 1. The molecule has 0 bridgehead atoms. The molecule has 0 atom stereocenters. The summed E-state index contributed by atoms with van der Waals surface area (Å²) in [6, 6.07) is 8.58. The maximum absolute atomic E-state index is 6.14. The maximum atomic E-state index is 6.14.